The van der Waals surface area contributed by atoms with Gasteiger partial charge in [-0.2, -0.15) is 4.31 Å². The minimum Gasteiger partial charge on any atom is -0.550 e. The zero-order valence-corrected chi connectivity index (χ0v) is 11.8. The van der Waals surface area contributed by atoms with Gasteiger partial charge in [-0.1, -0.05) is 0 Å². The third-order valence-electron chi connectivity index (χ3n) is 3.40. The predicted octanol–water partition coefficient (Wildman–Crippen LogP) is -0.255. The third-order valence-corrected chi connectivity index (χ3v) is 5.28. The zero-order valence-electron chi connectivity index (χ0n) is 11.0. The number of carbonyl (C=O) groups excluding carboxylic acids is 1. The SMILES string of the molecule is O=C([O-])[C@@H]1CCCN(S(=O)(=O)c2ccc([N+](=O)[O-])cc2)C1. The Hall–Kier alpha value is -2.00. The molecule has 1 atom stereocenters. The van der Waals surface area contributed by atoms with Crippen LogP contribution in [0.1, 0.15) is 12.8 Å². The minimum absolute atomic E-state index is 0.0907. The lowest BCUT2D eigenvalue weighted by molar-refractivity contribution is -0.384. The van der Waals surface area contributed by atoms with Gasteiger partial charge in [0.2, 0.25) is 10.0 Å². The number of benzene rings is 1. The van der Waals surface area contributed by atoms with Gasteiger partial charge in [0.15, 0.2) is 0 Å². The first-order valence-electron chi connectivity index (χ1n) is 6.28. The monoisotopic (exact) mass is 313 g/mol. The molecule has 1 fully saturated rings. The van der Waals surface area contributed by atoms with Crippen LogP contribution in [0.2, 0.25) is 0 Å². The Balaban J connectivity index is 2.24. The van der Waals surface area contributed by atoms with Crippen LogP contribution in [-0.4, -0.2) is 36.7 Å². The molecule has 0 amide bonds. The number of hydrogen-bond donors (Lipinski definition) is 0. The molecule has 1 saturated heterocycles. The molecular weight excluding hydrogens is 300 g/mol. The van der Waals surface area contributed by atoms with Crippen molar-refractivity contribution in [1.29, 1.82) is 0 Å². The van der Waals surface area contributed by atoms with Crippen molar-refractivity contribution < 1.29 is 23.2 Å². The summed E-state index contributed by atoms with van der Waals surface area (Å²) >= 11 is 0. The number of aliphatic carboxylic acids is 1. The number of non-ortho nitro benzene ring substituents is 1. The van der Waals surface area contributed by atoms with Crippen molar-refractivity contribution in [2.24, 2.45) is 5.92 Å². The lowest BCUT2D eigenvalue weighted by Crippen LogP contribution is -2.46. The van der Waals surface area contributed by atoms with Crippen molar-refractivity contribution in [2.45, 2.75) is 17.7 Å². The number of nitrogens with zero attached hydrogens (tertiary/aromatic N) is 2. The van der Waals surface area contributed by atoms with E-state index in [-0.39, 0.29) is 23.7 Å². The highest BCUT2D eigenvalue weighted by atomic mass is 32.2. The predicted molar refractivity (Wildman–Crippen MR) is 69.6 cm³/mol. The fourth-order valence-electron chi connectivity index (χ4n) is 2.24. The van der Waals surface area contributed by atoms with Gasteiger partial charge in [0, 0.05) is 37.1 Å². The summed E-state index contributed by atoms with van der Waals surface area (Å²) in [6.07, 6.45) is 0.819. The lowest BCUT2D eigenvalue weighted by Gasteiger charge is -2.32. The number of nitro groups is 1. The second kappa shape index (κ2) is 5.78. The van der Waals surface area contributed by atoms with Crippen molar-refractivity contribution in [3.05, 3.63) is 34.4 Å². The van der Waals surface area contributed by atoms with E-state index in [9.17, 15) is 28.4 Å². The summed E-state index contributed by atoms with van der Waals surface area (Å²) in [6, 6.07) is 4.51. The highest BCUT2D eigenvalue weighted by Gasteiger charge is 2.30. The standard InChI is InChI=1S/C12H14N2O6S/c15-12(16)9-2-1-7-13(8-9)21(19,20)11-5-3-10(4-6-11)14(17)18/h3-6,9H,1-2,7-8H2,(H,15,16)/p-1/t9-/m1/s1. The Morgan fingerprint density at radius 3 is 2.43 bits per heavy atom. The van der Waals surface area contributed by atoms with Gasteiger partial charge < -0.3 is 9.90 Å². The molecule has 1 aromatic rings. The summed E-state index contributed by atoms with van der Waals surface area (Å²) in [5.74, 6) is -2.09. The van der Waals surface area contributed by atoms with E-state index < -0.39 is 26.8 Å². The van der Waals surface area contributed by atoms with Crippen LogP contribution in [0.15, 0.2) is 29.2 Å². The van der Waals surface area contributed by atoms with Crippen molar-refractivity contribution >= 4 is 21.7 Å². The summed E-state index contributed by atoms with van der Waals surface area (Å²) in [5.41, 5.74) is -0.208. The molecule has 8 nitrogen and oxygen atoms in total. The molecular formula is C12H13N2O6S-. The number of hydrogen-bond acceptors (Lipinski definition) is 6. The molecule has 2 rings (SSSR count). The highest BCUT2D eigenvalue weighted by molar-refractivity contribution is 7.89. The van der Waals surface area contributed by atoms with E-state index in [1.807, 2.05) is 0 Å². The average molecular weight is 313 g/mol. The molecule has 9 heteroatoms. The van der Waals surface area contributed by atoms with E-state index in [1.165, 1.54) is 0 Å². The van der Waals surface area contributed by atoms with E-state index in [2.05, 4.69) is 0 Å². The fraction of sp³-hybridized carbons (Fsp3) is 0.417. The normalized spacial score (nSPS) is 20.1. The number of carboxylic acid groups (broad SMARTS) is 1. The molecule has 0 aromatic heterocycles. The third kappa shape index (κ3) is 3.19. The number of carboxylic acids is 1. The van der Waals surface area contributed by atoms with Crippen LogP contribution < -0.4 is 5.11 Å². The van der Waals surface area contributed by atoms with Gasteiger partial charge >= 0.3 is 0 Å². The molecule has 1 aromatic carbocycles. The van der Waals surface area contributed by atoms with Gasteiger partial charge in [-0.15, -0.1) is 0 Å². The Morgan fingerprint density at radius 1 is 1.29 bits per heavy atom. The van der Waals surface area contributed by atoms with Crippen molar-refractivity contribution in [3.63, 3.8) is 0 Å². The van der Waals surface area contributed by atoms with E-state index in [0.717, 1.165) is 28.6 Å². The smallest absolute Gasteiger partial charge is 0.269 e. The summed E-state index contributed by atoms with van der Waals surface area (Å²) in [4.78, 5) is 20.7. The van der Waals surface area contributed by atoms with E-state index in [1.54, 1.807) is 0 Å². The molecule has 1 heterocycles. The van der Waals surface area contributed by atoms with E-state index >= 15 is 0 Å². The van der Waals surface area contributed by atoms with Gasteiger partial charge in [0.05, 0.1) is 9.82 Å². The van der Waals surface area contributed by atoms with Crippen LogP contribution in [0.4, 0.5) is 5.69 Å². The van der Waals surface area contributed by atoms with Crippen LogP contribution in [0.3, 0.4) is 0 Å². The van der Waals surface area contributed by atoms with E-state index in [0.29, 0.717) is 12.8 Å². The van der Waals surface area contributed by atoms with Crippen molar-refractivity contribution in [1.82, 2.24) is 4.31 Å². The van der Waals surface area contributed by atoms with Gasteiger partial charge in [-0.25, -0.2) is 8.42 Å². The number of nitro benzene ring substituents is 1. The first-order chi connectivity index (χ1) is 9.82. The lowest BCUT2D eigenvalue weighted by atomic mass is 10.0. The maximum absolute atomic E-state index is 12.4. The van der Waals surface area contributed by atoms with Crippen molar-refractivity contribution in [2.75, 3.05) is 13.1 Å². The highest BCUT2D eigenvalue weighted by Crippen LogP contribution is 2.24. The van der Waals surface area contributed by atoms with Gasteiger partial charge in [-0.05, 0) is 25.0 Å². The number of rotatable bonds is 4. The van der Waals surface area contributed by atoms with Crippen LogP contribution in [-0.2, 0) is 14.8 Å². The molecule has 0 unspecified atom stereocenters. The fourth-order valence-corrected chi connectivity index (χ4v) is 3.77. The molecule has 0 spiro atoms. The van der Waals surface area contributed by atoms with Gasteiger partial charge in [-0.3, -0.25) is 10.1 Å². The molecule has 1 aliphatic rings. The number of piperidine rings is 1. The number of carbonyl (C=O) groups is 1. The molecule has 0 radical (unpaired) electrons. The van der Waals surface area contributed by atoms with Crippen molar-refractivity contribution in [3.8, 4) is 0 Å². The average Bonchev–Trinajstić information content (AvgIpc) is 2.47. The zero-order chi connectivity index (χ0) is 15.6. The molecule has 21 heavy (non-hydrogen) atoms. The maximum atomic E-state index is 12.4. The van der Waals surface area contributed by atoms with Gasteiger partial charge in [0.1, 0.15) is 0 Å². The Kier molecular flexibility index (Phi) is 4.24. The molecule has 1 aliphatic heterocycles. The van der Waals surface area contributed by atoms with Crippen LogP contribution >= 0.6 is 0 Å². The summed E-state index contributed by atoms with van der Waals surface area (Å²) < 4.78 is 25.8. The summed E-state index contributed by atoms with van der Waals surface area (Å²) in [5, 5.41) is 21.4. The molecule has 0 N–H and O–H groups in total. The molecule has 0 saturated carbocycles. The largest absolute Gasteiger partial charge is 0.550 e. The Morgan fingerprint density at radius 2 is 1.90 bits per heavy atom. The topological polar surface area (TPSA) is 121 Å². The summed E-state index contributed by atoms with van der Waals surface area (Å²) in [7, 11) is -3.85. The Bertz CT molecular complexity index is 655. The van der Waals surface area contributed by atoms with Gasteiger partial charge in [0.25, 0.3) is 5.69 Å². The molecule has 0 aliphatic carbocycles. The van der Waals surface area contributed by atoms with Crippen LogP contribution in [0.5, 0.6) is 0 Å². The molecule has 114 valence electrons. The number of sulfonamides is 1. The van der Waals surface area contributed by atoms with Crippen LogP contribution in [0, 0.1) is 16.0 Å². The first-order valence-corrected chi connectivity index (χ1v) is 7.72. The minimum atomic E-state index is -3.85. The Labute approximate surface area is 121 Å². The first kappa shape index (κ1) is 15.4. The second-order valence-electron chi connectivity index (χ2n) is 4.77. The molecule has 0 bridgehead atoms. The van der Waals surface area contributed by atoms with Crippen LogP contribution in [0.25, 0.3) is 0 Å². The quantitative estimate of drug-likeness (QED) is 0.558. The second-order valence-corrected chi connectivity index (χ2v) is 6.71. The summed E-state index contributed by atoms with van der Waals surface area (Å²) in [6.45, 7) is 0.0881. The van der Waals surface area contributed by atoms with E-state index in [4.69, 9.17) is 0 Å². The maximum Gasteiger partial charge on any atom is 0.269 e.